The van der Waals surface area contributed by atoms with Crippen LogP contribution in [0.5, 0.6) is 0 Å². The molecule has 1 aromatic carbocycles. The predicted octanol–water partition coefficient (Wildman–Crippen LogP) is 1.67. The van der Waals surface area contributed by atoms with E-state index < -0.39 is 0 Å². The van der Waals surface area contributed by atoms with Gasteiger partial charge in [-0.25, -0.2) is 0 Å². The fourth-order valence-corrected chi connectivity index (χ4v) is 0.534. The van der Waals surface area contributed by atoms with Gasteiger partial charge in [-0.05, 0) is 35.1 Å². The molecule has 0 spiro atoms. The lowest BCUT2D eigenvalue weighted by molar-refractivity contribution is 1.02. The van der Waals surface area contributed by atoms with Crippen LogP contribution in [0.15, 0.2) is 30.3 Å². The van der Waals surface area contributed by atoms with Gasteiger partial charge in [0, 0.05) is 0 Å². The molecule has 0 aliphatic heterocycles. The molecule has 1 rings (SSSR count). The highest BCUT2D eigenvalue weighted by Gasteiger charge is 1.72. The summed E-state index contributed by atoms with van der Waals surface area (Å²) in [6.07, 6.45) is 0. The maximum Gasteiger partial charge on any atom is -0.0167 e. The van der Waals surface area contributed by atoms with E-state index in [0.717, 1.165) is 0 Å². The number of benzene rings is 1. The van der Waals surface area contributed by atoms with Crippen molar-refractivity contribution in [1.29, 1.82) is 0 Å². The van der Waals surface area contributed by atoms with Crippen LogP contribution in [0.2, 0.25) is 0 Å². The van der Waals surface area contributed by atoms with Gasteiger partial charge in [0.25, 0.3) is 0 Å². The fourth-order valence-electron chi connectivity index (χ4n) is 0.534. The zero-order chi connectivity index (χ0) is 10.5. The Kier molecular flexibility index (Phi) is 15.5. The van der Waals surface area contributed by atoms with Crippen molar-refractivity contribution in [2.45, 2.75) is 6.92 Å². The Hall–Kier alpha value is -0.860. The molecule has 0 bridgehead atoms. The molecule has 0 aliphatic carbocycles. The van der Waals surface area contributed by atoms with Crippen molar-refractivity contribution in [3.8, 4) is 0 Å². The summed E-state index contributed by atoms with van der Waals surface area (Å²) in [6.45, 7) is 2.08. The average Bonchev–Trinajstić information content (AvgIpc) is 2.08. The molecule has 0 radical (unpaired) electrons. The van der Waals surface area contributed by atoms with Gasteiger partial charge in [-0.2, -0.15) is 0 Å². The molecule has 0 atom stereocenters. The fraction of sp³-hybridized carbons (Fsp3) is 0.455. The Balaban J connectivity index is 0. The summed E-state index contributed by atoms with van der Waals surface area (Å²) in [5.74, 6) is 0. The lowest BCUT2D eigenvalue weighted by atomic mass is 10.2. The van der Waals surface area contributed by atoms with Crippen LogP contribution in [0, 0.1) is 6.92 Å². The van der Waals surface area contributed by atoms with E-state index in [0.29, 0.717) is 0 Å². The molecule has 0 aromatic heterocycles. The van der Waals surface area contributed by atoms with Gasteiger partial charge in [-0.1, -0.05) is 35.9 Å². The largest absolute Gasteiger partial charge is 0.323 e. The lowest BCUT2D eigenvalue weighted by Crippen LogP contribution is -1.89. The number of hydrogen-bond acceptors (Lipinski definition) is 2. The Morgan fingerprint density at radius 2 is 1.08 bits per heavy atom. The quantitative estimate of drug-likeness (QED) is 0.638. The molecule has 0 fully saturated rings. The molecule has 2 nitrogen and oxygen atoms in total. The third kappa shape index (κ3) is 18.3. The number of aryl methyl sites for hydroxylation is 1. The molecule has 76 valence electrons. The SMILES string of the molecule is CNC.CNC.Cc1ccccc1. The normalized spacial score (nSPS) is 7.46. The summed E-state index contributed by atoms with van der Waals surface area (Å²) in [7, 11) is 7.50. The summed E-state index contributed by atoms with van der Waals surface area (Å²) in [6, 6.07) is 10.3. The van der Waals surface area contributed by atoms with Gasteiger partial charge in [0.05, 0.1) is 0 Å². The molecule has 2 heteroatoms. The molecule has 2 N–H and O–H groups in total. The van der Waals surface area contributed by atoms with Crippen molar-refractivity contribution in [1.82, 2.24) is 10.6 Å². The van der Waals surface area contributed by atoms with Crippen molar-refractivity contribution in [2.75, 3.05) is 28.2 Å². The van der Waals surface area contributed by atoms with Gasteiger partial charge >= 0.3 is 0 Å². The second-order valence-electron chi connectivity index (χ2n) is 2.65. The second kappa shape index (κ2) is 13.7. The lowest BCUT2D eigenvalue weighted by Gasteiger charge is -1.82. The van der Waals surface area contributed by atoms with E-state index in [9.17, 15) is 0 Å². The summed E-state index contributed by atoms with van der Waals surface area (Å²) in [5.41, 5.74) is 1.32. The molecule has 13 heavy (non-hydrogen) atoms. The van der Waals surface area contributed by atoms with Crippen LogP contribution in [-0.4, -0.2) is 28.2 Å². The highest BCUT2D eigenvalue weighted by molar-refractivity contribution is 5.11. The standard InChI is InChI=1S/C7H8.2C2H7N/c1-7-5-3-2-4-6-7;2*1-3-2/h2-6H,1H3;2*3H,1-2H3. The van der Waals surface area contributed by atoms with Crippen LogP contribution < -0.4 is 10.6 Å². The smallest absolute Gasteiger partial charge is 0.0167 e. The third-order valence-electron chi connectivity index (χ3n) is 0.940. The van der Waals surface area contributed by atoms with E-state index in [1.165, 1.54) is 5.56 Å². The zero-order valence-electron chi connectivity index (χ0n) is 9.39. The summed E-state index contributed by atoms with van der Waals surface area (Å²) < 4.78 is 0. The summed E-state index contributed by atoms with van der Waals surface area (Å²) in [4.78, 5) is 0. The first-order chi connectivity index (χ1) is 6.22. The monoisotopic (exact) mass is 182 g/mol. The van der Waals surface area contributed by atoms with Crippen molar-refractivity contribution in [3.05, 3.63) is 35.9 Å². The van der Waals surface area contributed by atoms with Crippen molar-refractivity contribution >= 4 is 0 Å². The van der Waals surface area contributed by atoms with Crippen LogP contribution >= 0.6 is 0 Å². The van der Waals surface area contributed by atoms with E-state index in [2.05, 4.69) is 29.7 Å². The van der Waals surface area contributed by atoms with Crippen molar-refractivity contribution in [2.24, 2.45) is 0 Å². The van der Waals surface area contributed by atoms with Crippen LogP contribution in [0.4, 0.5) is 0 Å². The minimum Gasteiger partial charge on any atom is -0.323 e. The molecule has 0 heterocycles. The summed E-state index contributed by atoms with van der Waals surface area (Å²) >= 11 is 0. The molecule has 0 aliphatic rings. The van der Waals surface area contributed by atoms with Gasteiger partial charge in [0.2, 0.25) is 0 Å². The maximum absolute atomic E-state index is 2.75. The minimum absolute atomic E-state index is 1.32. The minimum atomic E-state index is 1.32. The number of nitrogens with one attached hydrogen (secondary N) is 2. The Morgan fingerprint density at radius 1 is 0.769 bits per heavy atom. The van der Waals surface area contributed by atoms with Gasteiger partial charge < -0.3 is 10.6 Å². The third-order valence-corrected chi connectivity index (χ3v) is 0.940. The van der Waals surface area contributed by atoms with Gasteiger partial charge in [0.15, 0.2) is 0 Å². The van der Waals surface area contributed by atoms with Gasteiger partial charge in [-0.15, -0.1) is 0 Å². The topological polar surface area (TPSA) is 24.1 Å². The first kappa shape index (κ1) is 14.7. The van der Waals surface area contributed by atoms with E-state index in [4.69, 9.17) is 0 Å². The Labute approximate surface area is 82.4 Å². The van der Waals surface area contributed by atoms with Crippen molar-refractivity contribution < 1.29 is 0 Å². The van der Waals surface area contributed by atoms with Crippen LogP contribution in [0.25, 0.3) is 0 Å². The average molecular weight is 182 g/mol. The molecular weight excluding hydrogens is 160 g/mol. The Bertz CT molecular complexity index is 159. The van der Waals surface area contributed by atoms with Gasteiger partial charge in [0.1, 0.15) is 0 Å². The maximum atomic E-state index is 2.75. The second-order valence-corrected chi connectivity index (χ2v) is 2.65. The van der Waals surface area contributed by atoms with Crippen LogP contribution in [0.1, 0.15) is 5.56 Å². The molecular formula is C11H22N2. The predicted molar refractivity (Wildman–Crippen MR) is 61.1 cm³/mol. The van der Waals surface area contributed by atoms with E-state index in [-0.39, 0.29) is 0 Å². The van der Waals surface area contributed by atoms with E-state index in [1.54, 1.807) is 0 Å². The zero-order valence-corrected chi connectivity index (χ0v) is 9.39. The Morgan fingerprint density at radius 3 is 1.23 bits per heavy atom. The van der Waals surface area contributed by atoms with E-state index >= 15 is 0 Å². The van der Waals surface area contributed by atoms with Gasteiger partial charge in [-0.3, -0.25) is 0 Å². The van der Waals surface area contributed by atoms with Crippen LogP contribution in [0.3, 0.4) is 0 Å². The molecule has 0 unspecified atom stereocenters. The molecule has 0 saturated carbocycles. The first-order valence-electron chi connectivity index (χ1n) is 4.41. The molecule has 0 amide bonds. The molecule has 0 saturated heterocycles. The number of hydrogen-bond donors (Lipinski definition) is 2. The summed E-state index contributed by atoms with van der Waals surface area (Å²) in [5, 5.41) is 5.50. The highest BCUT2D eigenvalue weighted by atomic mass is 14.7. The highest BCUT2D eigenvalue weighted by Crippen LogP contribution is 1.92. The first-order valence-corrected chi connectivity index (χ1v) is 4.41. The van der Waals surface area contributed by atoms with Crippen LogP contribution in [-0.2, 0) is 0 Å². The number of rotatable bonds is 0. The molecule has 1 aromatic rings. The van der Waals surface area contributed by atoms with Crippen molar-refractivity contribution in [3.63, 3.8) is 0 Å². The van der Waals surface area contributed by atoms with E-state index in [1.807, 2.05) is 46.4 Å².